The fraction of sp³-hybridized carbons (Fsp3) is 0.238. The van der Waals surface area contributed by atoms with Crippen molar-refractivity contribution >= 4 is 17.4 Å². The second-order valence-corrected chi connectivity index (χ2v) is 6.30. The van der Waals surface area contributed by atoms with E-state index < -0.39 is 17.7 Å². The number of phenols is 1. The Hall–Kier alpha value is -3.12. The van der Waals surface area contributed by atoms with Crippen molar-refractivity contribution in [1.82, 2.24) is 4.90 Å². The fourth-order valence-corrected chi connectivity index (χ4v) is 3.28. The number of ether oxygens (including phenoxy) is 1. The lowest BCUT2D eigenvalue weighted by atomic mass is 9.95. The van der Waals surface area contributed by atoms with Crippen molar-refractivity contribution in [2.24, 2.45) is 0 Å². The van der Waals surface area contributed by atoms with Crippen LogP contribution in [0, 0.1) is 0 Å². The van der Waals surface area contributed by atoms with E-state index in [0.717, 1.165) is 0 Å². The summed E-state index contributed by atoms with van der Waals surface area (Å²) in [6.07, 6.45) is 0.546. The predicted molar refractivity (Wildman–Crippen MR) is 100 cm³/mol. The van der Waals surface area contributed by atoms with Crippen molar-refractivity contribution in [2.75, 3.05) is 20.3 Å². The van der Waals surface area contributed by atoms with E-state index in [1.165, 1.54) is 17.0 Å². The van der Waals surface area contributed by atoms with Gasteiger partial charge in [-0.3, -0.25) is 9.59 Å². The number of methoxy groups -OCH3 is 1. The second kappa shape index (κ2) is 8.05. The third-order valence-electron chi connectivity index (χ3n) is 4.52. The molecule has 1 heterocycles. The van der Waals surface area contributed by atoms with Crippen molar-refractivity contribution in [1.29, 1.82) is 0 Å². The van der Waals surface area contributed by atoms with Gasteiger partial charge in [0, 0.05) is 25.8 Å². The lowest BCUT2D eigenvalue weighted by Crippen LogP contribution is -2.31. The van der Waals surface area contributed by atoms with Gasteiger partial charge in [-0.25, -0.2) is 0 Å². The van der Waals surface area contributed by atoms with E-state index in [2.05, 4.69) is 0 Å². The molecule has 0 aromatic heterocycles. The molecular formula is C21H21NO5. The van der Waals surface area contributed by atoms with Crippen LogP contribution in [0.2, 0.25) is 0 Å². The highest BCUT2D eigenvalue weighted by Crippen LogP contribution is 2.40. The number of Topliss-reactive ketones (excluding diaryl/α,β-unsaturated/α-hetero) is 1. The highest BCUT2D eigenvalue weighted by Gasteiger charge is 2.45. The molecule has 27 heavy (non-hydrogen) atoms. The van der Waals surface area contributed by atoms with Gasteiger partial charge in [-0.2, -0.15) is 0 Å². The van der Waals surface area contributed by atoms with Crippen LogP contribution in [0.1, 0.15) is 23.6 Å². The van der Waals surface area contributed by atoms with Crippen molar-refractivity contribution in [3.63, 3.8) is 0 Å². The molecule has 0 unspecified atom stereocenters. The number of hydrogen-bond donors (Lipinski definition) is 2. The van der Waals surface area contributed by atoms with Crippen LogP contribution in [0.15, 0.2) is 60.2 Å². The molecule has 3 rings (SSSR count). The van der Waals surface area contributed by atoms with Crippen molar-refractivity contribution in [3.8, 4) is 5.75 Å². The summed E-state index contributed by atoms with van der Waals surface area (Å²) in [5.41, 5.74) is 1.04. The number of amides is 1. The van der Waals surface area contributed by atoms with E-state index >= 15 is 0 Å². The Bertz CT molecular complexity index is 875. The summed E-state index contributed by atoms with van der Waals surface area (Å²) < 4.78 is 5.04. The van der Waals surface area contributed by atoms with Crippen molar-refractivity contribution in [3.05, 3.63) is 71.3 Å². The SMILES string of the molecule is COCCCN1C(=O)C(=O)C(=C(O)c2ccccc2)[C@@H]1c1cccc(O)c1. The first-order chi connectivity index (χ1) is 13.0. The highest BCUT2D eigenvalue weighted by molar-refractivity contribution is 6.46. The molecule has 2 aromatic carbocycles. The number of nitrogens with zero attached hydrogens (tertiary/aromatic N) is 1. The molecule has 1 amide bonds. The van der Waals surface area contributed by atoms with Gasteiger partial charge in [0.25, 0.3) is 11.7 Å². The Kier molecular flexibility index (Phi) is 5.57. The van der Waals surface area contributed by atoms with Gasteiger partial charge in [0.1, 0.15) is 11.5 Å². The highest BCUT2D eigenvalue weighted by atomic mass is 16.5. The Morgan fingerprint density at radius 3 is 2.52 bits per heavy atom. The summed E-state index contributed by atoms with van der Waals surface area (Å²) in [6.45, 7) is 0.735. The Balaban J connectivity index is 2.12. The van der Waals surface area contributed by atoms with Crippen LogP contribution < -0.4 is 0 Å². The van der Waals surface area contributed by atoms with E-state index in [1.54, 1.807) is 49.6 Å². The maximum atomic E-state index is 12.7. The molecule has 0 bridgehead atoms. The molecular weight excluding hydrogens is 346 g/mol. The number of benzene rings is 2. The molecule has 1 aliphatic rings. The third-order valence-corrected chi connectivity index (χ3v) is 4.52. The maximum absolute atomic E-state index is 12.7. The Morgan fingerprint density at radius 1 is 1.11 bits per heavy atom. The molecule has 1 saturated heterocycles. The maximum Gasteiger partial charge on any atom is 0.295 e. The zero-order valence-corrected chi connectivity index (χ0v) is 15.0. The van der Waals surface area contributed by atoms with Gasteiger partial charge in [-0.1, -0.05) is 42.5 Å². The first kappa shape index (κ1) is 18.7. The van der Waals surface area contributed by atoms with Gasteiger partial charge in [0.2, 0.25) is 0 Å². The molecule has 2 aromatic rings. The van der Waals surface area contributed by atoms with E-state index in [0.29, 0.717) is 30.7 Å². The predicted octanol–water partition coefficient (Wildman–Crippen LogP) is 2.85. The quantitative estimate of drug-likeness (QED) is 0.355. The Morgan fingerprint density at radius 2 is 1.85 bits per heavy atom. The van der Waals surface area contributed by atoms with Crippen molar-refractivity contribution < 1.29 is 24.5 Å². The summed E-state index contributed by atoms with van der Waals surface area (Å²) in [6, 6.07) is 14.2. The number of carbonyl (C=O) groups excluding carboxylic acids is 2. The van der Waals surface area contributed by atoms with Gasteiger partial charge in [0.15, 0.2) is 0 Å². The lowest BCUT2D eigenvalue weighted by Gasteiger charge is -2.25. The molecule has 6 heteroatoms. The molecule has 140 valence electrons. The fourth-order valence-electron chi connectivity index (χ4n) is 3.28. The van der Waals surface area contributed by atoms with Gasteiger partial charge < -0.3 is 19.8 Å². The smallest absolute Gasteiger partial charge is 0.295 e. The van der Waals surface area contributed by atoms with Crippen LogP contribution in [-0.4, -0.2) is 47.1 Å². The number of carbonyl (C=O) groups is 2. The van der Waals surface area contributed by atoms with E-state index in [9.17, 15) is 19.8 Å². The summed E-state index contributed by atoms with van der Waals surface area (Å²) in [5.74, 6) is -1.61. The first-order valence-electron chi connectivity index (χ1n) is 8.66. The van der Waals surface area contributed by atoms with Gasteiger partial charge in [-0.05, 0) is 24.1 Å². The third kappa shape index (κ3) is 3.71. The monoisotopic (exact) mass is 367 g/mol. The van der Waals surface area contributed by atoms with E-state index in [4.69, 9.17) is 4.74 Å². The summed E-state index contributed by atoms with van der Waals surface area (Å²) in [5, 5.41) is 20.7. The summed E-state index contributed by atoms with van der Waals surface area (Å²) >= 11 is 0. The second-order valence-electron chi connectivity index (χ2n) is 6.30. The molecule has 0 saturated carbocycles. The number of likely N-dealkylation sites (tertiary alicyclic amines) is 1. The van der Waals surface area contributed by atoms with Gasteiger partial charge in [-0.15, -0.1) is 0 Å². The van der Waals surface area contributed by atoms with E-state index in [-0.39, 0.29) is 17.1 Å². The summed E-state index contributed by atoms with van der Waals surface area (Å²) in [7, 11) is 1.57. The number of phenolic OH excluding ortho intramolecular Hbond substituents is 1. The number of aliphatic hydroxyl groups is 1. The minimum atomic E-state index is -0.769. The molecule has 1 fully saturated rings. The van der Waals surface area contributed by atoms with Crippen LogP contribution in [-0.2, 0) is 14.3 Å². The minimum Gasteiger partial charge on any atom is -0.508 e. The number of ketones is 1. The van der Waals surface area contributed by atoms with Crippen LogP contribution in [0.25, 0.3) is 5.76 Å². The average molecular weight is 367 g/mol. The van der Waals surface area contributed by atoms with Crippen LogP contribution in [0.3, 0.4) is 0 Å². The largest absolute Gasteiger partial charge is 0.508 e. The van der Waals surface area contributed by atoms with Crippen LogP contribution in [0.4, 0.5) is 0 Å². The van der Waals surface area contributed by atoms with Crippen LogP contribution in [0.5, 0.6) is 5.75 Å². The summed E-state index contributed by atoms with van der Waals surface area (Å²) in [4.78, 5) is 26.8. The number of aliphatic hydroxyl groups excluding tert-OH is 1. The normalized spacial score (nSPS) is 18.9. The minimum absolute atomic E-state index is 0.0224. The molecule has 0 aliphatic carbocycles. The number of hydrogen-bond acceptors (Lipinski definition) is 5. The Labute approximate surface area is 157 Å². The van der Waals surface area contributed by atoms with Gasteiger partial charge >= 0.3 is 0 Å². The zero-order valence-electron chi connectivity index (χ0n) is 15.0. The average Bonchev–Trinajstić information content (AvgIpc) is 2.93. The topological polar surface area (TPSA) is 87.1 Å². The first-order valence-corrected chi connectivity index (χ1v) is 8.66. The molecule has 1 atom stereocenters. The number of aromatic hydroxyl groups is 1. The molecule has 0 spiro atoms. The van der Waals surface area contributed by atoms with Crippen LogP contribution >= 0.6 is 0 Å². The van der Waals surface area contributed by atoms with Gasteiger partial charge in [0.05, 0.1) is 11.6 Å². The van der Waals surface area contributed by atoms with Crippen molar-refractivity contribution in [2.45, 2.75) is 12.5 Å². The van der Waals surface area contributed by atoms with E-state index in [1.807, 2.05) is 0 Å². The molecule has 6 nitrogen and oxygen atoms in total. The zero-order chi connectivity index (χ0) is 19.4. The molecule has 1 aliphatic heterocycles. The molecule has 0 radical (unpaired) electrons. The standard InChI is InChI=1S/C21H21NO5/c1-27-12-6-11-22-18(15-9-5-10-16(23)13-15)17(20(25)21(22)26)19(24)14-7-3-2-4-8-14/h2-5,7-10,13,18,23-24H,6,11-12H2,1H3/t18-/m0/s1. The lowest BCUT2D eigenvalue weighted by molar-refractivity contribution is -0.140. The molecule has 2 N–H and O–H groups in total. The number of rotatable bonds is 6.